The Kier molecular flexibility index (Phi) is 4.45. The van der Waals surface area contributed by atoms with Crippen molar-refractivity contribution in [3.63, 3.8) is 0 Å². The summed E-state index contributed by atoms with van der Waals surface area (Å²) < 4.78 is 52.1. The Morgan fingerprint density at radius 2 is 2.14 bits per heavy atom. The second-order valence-corrected chi connectivity index (χ2v) is 7.57. The molecule has 0 aliphatic carbocycles. The van der Waals surface area contributed by atoms with Gasteiger partial charge in [0.1, 0.15) is 5.15 Å². The number of anilines is 1. The van der Waals surface area contributed by atoms with Gasteiger partial charge in [-0.05, 0) is 12.1 Å². The molecule has 0 saturated carbocycles. The maximum Gasteiger partial charge on any atom is 0.434 e. The summed E-state index contributed by atoms with van der Waals surface area (Å²) in [7, 11) is -2.76. The van der Waals surface area contributed by atoms with E-state index in [4.69, 9.17) is 11.6 Å². The molecular formula is C11H9ClF3N3OS2. The Morgan fingerprint density at radius 1 is 1.43 bits per heavy atom. The summed E-state index contributed by atoms with van der Waals surface area (Å²) in [4.78, 5) is 7.19. The number of rotatable bonds is 3. The molecule has 21 heavy (non-hydrogen) atoms. The van der Waals surface area contributed by atoms with Crippen molar-refractivity contribution >= 4 is 43.1 Å². The Labute approximate surface area is 128 Å². The molecule has 0 bridgehead atoms. The van der Waals surface area contributed by atoms with E-state index in [9.17, 15) is 17.4 Å². The van der Waals surface area contributed by atoms with Crippen molar-refractivity contribution in [2.45, 2.75) is 6.18 Å². The van der Waals surface area contributed by atoms with Crippen molar-refractivity contribution in [2.75, 3.05) is 11.0 Å². The van der Waals surface area contributed by atoms with E-state index in [2.05, 4.69) is 14.7 Å². The van der Waals surface area contributed by atoms with Gasteiger partial charge in [-0.3, -0.25) is 4.72 Å². The minimum absolute atomic E-state index is 0.0620. The van der Waals surface area contributed by atoms with Gasteiger partial charge < -0.3 is 0 Å². The molecule has 0 radical (unpaired) electrons. The molecule has 0 aliphatic rings. The number of thiazole rings is 1. The summed E-state index contributed by atoms with van der Waals surface area (Å²) in [6.07, 6.45) is -1.75. The van der Waals surface area contributed by atoms with E-state index in [1.54, 1.807) is 6.07 Å². The van der Waals surface area contributed by atoms with Crippen LogP contribution in [0.15, 0.2) is 23.7 Å². The molecule has 0 amide bonds. The lowest BCUT2D eigenvalue weighted by Gasteiger charge is -2.06. The van der Waals surface area contributed by atoms with Gasteiger partial charge in [-0.2, -0.15) is 13.2 Å². The van der Waals surface area contributed by atoms with Crippen molar-refractivity contribution in [2.24, 2.45) is 0 Å². The molecule has 114 valence electrons. The summed E-state index contributed by atoms with van der Waals surface area (Å²) in [5.74, 6) is 0. The quantitative estimate of drug-likeness (QED) is 0.679. The zero-order valence-corrected chi connectivity index (χ0v) is 12.9. The fourth-order valence-corrected chi connectivity index (χ4v) is 3.84. The van der Waals surface area contributed by atoms with Crippen LogP contribution in [0.2, 0.25) is 5.15 Å². The van der Waals surface area contributed by atoms with Crippen LogP contribution < -0.4 is 4.72 Å². The van der Waals surface area contributed by atoms with Crippen LogP contribution in [0, 0.1) is 0 Å². The Hall–Kier alpha value is -1.32. The van der Waals surface area contributed by atoms with E-state index >= 15 is 0 Å². The Bertz CT molecular complexity index is 749. The fourth-order valence-electron chi connectivity index (χ4n) is 1.37. The van der Waals surface area contributed by atoms with Gasteiger partial charge in [0.15, 0.2) is 10.8 Å². The lowest BCUT2D eigenvalue weighted by molar-refractivity contribution is -0.140. The summed E-state index contributed by atoms with van der Waals surface area (Å²) >= 11 is 6.37. The van der Waals surface area contributed by atoms with Crippen LogP contribution in [0.25, 0.3) is 0 Å². The lowest BCUT2D eigenvalue weighted by atomic mass is 10.3. The fraction of sp³-hybridized carbons (Fsp3) is 0.182. The minimum atomic E-state index is -4.52. The van der Waals surface area contributed by atoms with Crippen LogP contribution >= 0.6 is 22.9 Å². The highest BCUT2D eigenvalue weighted by Gasteiger charge is 2.33. The number of pyridine rings is 1. The molecule has 1 N–H and O–H groups in total. The second-order valence-electron chi connectivity index (χ2n) is 4.07. The van der Waals surface area contributed by atoms with Crippen molar-refractivity contribution in [1.29, 1.82) is 0 Å². The summed E-state index contributed by atoms with van der Waals surface area (Å²) in [5, 5.41) is 2.46. The van der Waals surface area contributed by atoms with Crippen LogP contribution in [-0.2, 0) is 15.9 Å². The minimum Gasteiger partial charge on any atom is -0.288 e. The standard InChI is InChI=1S/C11H9ClF3N3OS2/c1-21(19,6-7-2-3-9(12)16-4-7)18-10-17-8(5-20-10)11(13,14)15/h2-6H,1H3,(H,17,18,19). The second kappa shape index (κ2) is 5.82. The first-order valence-corrected chi connectivity index (χ1v) is 8.70. The number of hydrogen-bond donors (Lipinski definition) is 1. The van der Waals surface area contributed by atoms with E-state index in [1.165, 1.54) is 23.9 Å². The van der Waals surface area contributed by atoms with Gasteiger partial charge in [-0.25, -0.2) is 14.2 Å². The van der Waals surface area contributed by atoms with Gasteiger partial charge in [0.05, 0.1) is 9.71 Å². The van der Waals surface area contributed by atoms with Gasteiger partial charge in [0.25, 0.3) is 0 Å². The molecule has 0 saturated heterocycles. The number of nitrogens with zero attached hydrogens (tertiary/aromatic N) is 2. The highest BCUT2D eigenvalue weighted by atomic mass is 35.5. The molecule has 1 atom stereocenters. The third-order valence-electron chi connectivity index (χ3n) is 2.20. The molecule has 0 spiro atoms. The zero-order valence-electron chi connectivity index (χ0n) is 10.5. The number of hydrogen-bond acceptors (Lipinski definition) is 4. The molecule has 1 unspecified atom stereocenters. The average Bonchev–Trinajstić information content (AvgIpc) is 2.79. The van der Waals surface area contributed by atoms with Crippen molar-refractivity contribution in [3.05, 3.63) is 40.1 Å². The lowest BCUT2D eigenvalue weighted by Crippen LogP contribution is -2.14. The topological polar surface area (TPSA) is 54.9 Å². The van der Waals surface area contributed by atoms with Crippen LogP contribution in [-0.4, -0.2) is 25.8 Å². The van der Waals surface area contributed by atoms with Crippen molar-refractivity contribution < 1.29 is 17.4 Å². The summed E-state index contributed by atoms with van der Waals surface area (Å²) in [6.45, 7) is 0. The van der Waals surface area contributed by atoms with Gasteiger partial charge >= 0.3 is 6.18 Å². The van der Waals surface area contributed by atoms with E-state index in [0.29, 0.717) is 5.56 Å². The third kappa shape index (κ3) is 4.58. The van der Waals surface area contributed by atoms with E-state index in [-0.39, 0.29) is 10.3 Å². The molecule has 0 aromatic carbocycles. The van der Waals surface area contributed by atoms with Crippen molar-refractivity contribution in [3.8, 4) is 0 Å². The molecule has 2 rings (SSSR count). The van der Waals surface area contributed by atoms with Crippen LogP contribution in [0.3, 0.4) is 0 Å². The molecule has 2 heterocycles. The largest absolute Gasteiger partial charge is 0.434 e. The number of aromatic nitrogens is 2. The molecular weight excluding hydrogens is 347 g/mol. The highest BCUT2D eigenvalue weighted by molar-refractivity contribution is 8.02. The molecule has 2 aromatic rings. The van der Waals surface area contributed by atoms with Gasteiger partial charge in [0.2, 0.25) is 0 Å². The molecule has 10 heteroatoms. The number of nitrogens with one attached hydrogen (secondary N) is 1. The van der Waals surface area contributed by atoms with E-state index < -0.39 is 21.6 Å². The predicted molar refractivity (Wildman–Crippen MR) is 79.2 cm³/mol. The first-order chi connectivity index (χ1) is 9.66. The normalized spacial score (nSPS) is 14.5. The smallest absolute Gasteiger partial charge is 0.288 e. The predicted octanol–water partition coefficient (Wildman–Crippen LogP) is 3.30. The first-order valence-electron chi connectivity index (χ1n) is 5.42. The molecule has 2 aromatic heterocycles. The van der Waals surface area contributed by atoms with Gasteiger partial charge in [0, 0.05) is 28.8 Å². The van der Waals surface area contributed by atoms with Crippen molar-refractivity contribution in [1.82, 2.24) is 9.97 Å². The number of alkyl halides is 3. The van der Waals surface area contributed by atoms with Gasteiger partial charge in [-0.1, -0.05) is 11.6 Å². The maximum absolute atomic E-state index is 12.4. The van der Waals surface area contributed by atoms with Crippen LogP contribution in [0.4, 0.5) is 18.3 Å². The Morgan fingerprint density at radius 3 is 2.67 bits per heavy atom. The third-order valence-corrected chi connectivity index (χ3v) is 4.63. The zero-order chi connectivity index (χ0) is 15.7. The monoisotopic (exact) mass is 355 g/mol. The highest BCUT2D eigenvalue weighted by Crippen LogP contribution is 2.31. The van der Waals surface area contributed by atoms with E-state index in [0.717, 1.165) is 16.7 Å². The maximum atomic E-state index is 12.4. The number of halogens is 4. The van der Waals surface area contributed by atoms with Gasteiger partial charge in [-0.15, -0.1) is 11.3 Å². The summed E-state index contributed by atoms with van der Waals surface area (Å²) in [5.41, 5.74) is -0.481. The Balaban J connectivity index is 2.23. The van der Waals surface area contributed by atoms with E-state index in [1.807, 2.05) is 0 Å². The van der Waals surface area contributed by atoms with Crippen LogP contribution in [0.5, 0.6) is 0 Å². The summed E-state index contributed by atoms with van der Waals surface area (Å²) in [6, 6.07) is 3.12. The molecule has 4 nitrogen and oxygen atoms in total. The molecule has 0 aliphatic heterocycles. The molecule has 0 fully saturated rings. The average molecular weight is 356 g/mol. The SMILES string of the molecule is CS(=O)(=Cc1ccc(Cl)nc1)Nc1nc(C(F)(F)F)cs1. The first kappa shape index (κ1) is 16.1. The van der Waals surface area contributed by atoms with Crippen LogP contribution in [0.1, 0.15) is 11.3 Å².